The average Bonchev–Trinajstić information content (AvgIpc) is 2.99. The third kappa shape index (κ3) is 3.24. The normalized spacial score (nSPS) is 16.5. The van der Waals surface area contributed by atoms with Crippen LogP contribution < -0.4 is 5.32 Å². The zero-order valence-corrected chi connectivity index (χ0v) is 15.5. The van der Waals surface area contributed by atoms with Gasteiger partial charge in [0, 0.05) is 25.1 Å². The first-order chi connectivity index (χ1) is 12.6. The lowest BCUT2D eigenvalue weighted by Crippen LogP contribution is -2.25. The van der Waals surface area contributed by atoms with Crippen LogP contribution in [0.2, 0.25) is 0 Å². The molecule has 0 bridgehead atoms. The second kappa shape index (κ2) is 6.94. The maximum atomic E-state index is 12.5. The highest BCUT2D eigenvalue weighted by atomic mass is 16.1. The number of amides is 1. The predicted molar refractivity (Wildman–Crippen MR) is 104 cm³/mol. The Hall–Kier alpha value is -2.62. The van der Waals surface area contributed by atoms with Crippen LogP contribution >= 0.6 is 0 Å². The fourth-order valence-electron chi connectivity index (χ4n) is 3.79. The summed E-state index contributed by atoms with van der Waals surface area (Å²) in [6, 6.07) is 14.2. The molecule has 26 heavy (non-hydrogen) atoms. The van der Waals surface area contributed by atoms with Gasteiger partial charge in [0.15, 0.2) is 0 Å². The van der Waals surface area contributed by atoms with Gasteiger partial charge in [0.25, 0.3) is 5.91 Å². The van der Waals surface area contributed by atoms with Crippen molar-refractivity contribution in [1.82, 2.24) is 14.9 Å². The first kappa shape index (κ1) is 16.8. The number of carbonyl (C=O) groups is 1. The molecule has 4 rings (SSSR count). The van der Waals surface area contributed by atoms with Crippen LogP contribution in [0.25, 0.3) is 11.0 Å². The second-order valence-corrected chi connectivity index (χ2v) is 7.41. The van der Waals surface area contributed by atoms with Gasteiger partial charge in [-0.15, -0.1) is 0 Å². The van der Waals surface area contributed by atoms with Gasteiger partial charge in [-0.2, -0.15) is 0 Å². The molecule has 1 atom stereocenters. The lowest BCUT2D eigenvalue weighted by molar-refractivity contribution is 0.0954. The molecule has 2 aromatic carbocycles. The van der Waals surface area contributed by atoms with E-state index in [1.807, 2.05) is 30.3 Å². The van der Waals surface area contributed by atoms with Gasteiger partial charge in [-0.25, -0.2) is 4.98 Å². The molecule has 4 nitrogen and oxygen atoms in total. The van der Waals surface area contributed by atoms with E-state index < -0.39 is 0 Å². The smallest absolute Gasteiger partial charge is 0.251 e. The molecule has 4 heteroatoms. The second-order valence-electron chi connectivity index (χ2n) is 7.41. The highest BCUT2D eigenvalue weighted by molar-refractivity contribution is 5.97. The number of imidazole rings is 1. The standard InChI is InChI=1S/C22H25N3O/c1-15-10-12-25-20-8-7-18(14-19(20)24-21(25)13-15)22(26)23-11-9-17-6-4-3-5-16(17)2/h3-8,14-15H,9-13H2,1-2H3,(H,23,26)/t15-/m1/s1. The molecule has 0 saturated heterocycles. The molecule has 0 unspecified atom stereocenters. The molecule has 3 aromatic rings. The Bertz CT molecular complexity index is 957. The van der Waals surface area contributed by atoms with Crippen molar-refractivity contribution in [2.45, 2.75) is 39.7 Å². The minimum atomic E-state index is -0.0279. The van der Waals surface area contributed by atoms with Crippen LogP contribution in [0.3, 0.4) is 0 Å². The predicted octanol–water partition coefficient (Wildman–Crippen LogP) is 3.90. The summed E-state index contributed by atoms with van der Waals surface area (Å²) < 4.78 is 2.30. The molecule has 1 aliphatic rings. The minimum Gasteiger partial charge on any atom is -0.352 e. The van der Waals surface area contributed by atoms with Crippen molar-refractivity contribution in [1.29, 1.82) is 0 Å². The summed E-state index contributed by atoms with van der Waals surface area (Å²) in [5, 5.41) is 3.03. The van der Waals surface area contributed by atoms with Crippen molar-refractivity contribution in [3.05, 3.63) is 65.0 Å². The van der Waals surface area contributed by atoms with Crippen LogP contribution in [0, 0.1) is 12.8 Å². The van der Waals surface area contributed by atoms with Gasteiger partial charge in [-0.05, 0) is 55.0 Å². The number of nitrogens with one attached hydrogen (secondary N) is 1. The first-order valence-corrected chi connectivity index (χ1v) is 9.43. The molecule has 134 valence electrons. The molecule has 1 N–H and O–H groups in total. The number of carbonyl (C=O) groups excluding carboxylic acids is 1. The van der Waals surface area contributed by atoms with Gasteiger partial charge >= 0.3 is 0 Å². The Morgan fingerprint density at radius 2 is 2.12 bits per heavy atom. The molecule has 1 aromatic heterocycles. The van der Waals surface area contributed by atoms with Crippen LogP contribution in [-0.4, -0.2) is 22.0 Å². The number of nitrogens with zero attached hydrogens (tertiary/aromatic N) is 2. The topological polar surface area (TPSA) is 46.9 Å². The molecule has 0 saturated carbocycles. The number of hydrogen-bond donors (Lipinski definition) is 1. The van der Waals surface area contributed by atoms with E-state index in [1.165, 1.54) is 17.5 Å². The summed E-state index contributed by atoms with van der Waals surface area (Å²) in [6.07, 6.45) is 3.06. The largest absolute Gasteiger partial charge is 0.352 e. The van der Waals surface area contributed by atoms with Crippen molar-refractivity contribution < 1.29 is 4.79 Å². The van der Waals surface area contributed by atoms with Gasteiger partial charge in [0.2, 0.25) is 0 Å². The number of aromatic nitrogens is 2. The van der Waals surface area contributed by atoms with E-state index in [9.17, 15) is 4.79 Å². The summed E-state index contributed by atoms with van der Waals surface area (Å²) in [5.74, 6) is 1.80. The maximum Gasteiger partial charge on any atom is 0.251 e. The third-order valence-electron chi connectivity index (χ3n) is 5.41. The average molecular weight is 347 g/mol. The third-order valence-corrected chi connectivity index (χ3v) is 5.41. The zero-order chi connectivity index (χ0) is 18.1. The molecule has 0 spiro atoms. The van der Waals surface area contributed by atoms with Gasteiger partial charge < -0.3 is 9.88 Å². The quantitative estimate of drug-likeness (QED) is 0.778. The summed E-state index contributed by atoms with van der Waals surface area (Å²) >= 11 is 0. The molecule has 0 fully saturated rings. The first-order valence-electron chi connectivity index (χ1n) is 9.43. The Morgan fingerprint density at radius 1 is 1.27 bits per heavy atom. The van der Waals surface area contributed by atoms with Crippen molar-refractivity contribution >= 4 is 16.9 Å². The van der Waals surface area contributed by atoms with E-state index in [1.54, 1.807) is 0 Å². The van der Waals surface area contributed by atoms with Crippen molar-refractivity contribution in [2.24, 2.45) is 5.92 Å². The highest BCUT2D eigenvalue weighted by Gasteiger charge is 2.19. The number of benzene rings is 2. The SMILES string of the molecule is Cc1ccccc1CCNC(=O)c1ccc2c(c1)nc1n2CC[C@@H](C)C1. The van der Waals surface area contributed by atoms with E-state index >= 15 is 0 Å². The van der Waals surface area contributed by atoms with Gasteiger partial charge in [-0.3, -0.25) is 4.79 Å². The van der Waals surface area contributed by atoms with Crippen LogP contribution in [0.1, 0.15) is 40.7 Å². The van der Waals surface area contributed by atoms with Crippen molar-refractivity contribution in [2.75, 3.05) is 6.54 Å². The van der Waals surface area contributed by atoms with Crippen LogP contribution in [0.15, 0.2) is 42.5 Å². The van der Waals surface area contributed by atoms with Crippen LogP contribution in [0.5, 0.6) is 0 Å². The number of hydrogen-bond acceptors (Lipinski definition) is 2. The summed E-state index contributed by atoms with van der Waals surface area (Å²) in [5.41, 5.74) is 5.30. The van der Waals surface area contributed by atoms with E-state index in [4.69, 9.17) is 4.98 Å². The lowest BCUT2D eigenvalue weighted by atomic mass is 10.0. The molecule has 2 heterocycles. The molecule has 1 amide bonds. The summed E-state index contributed by atoms with van der Waals surface area (Å²) in [7, 11) is 0. The van der Waals surface area contributed by atoms with Crippen molar-refractivity contribution in [3.8, 4) is 0 Å². The van der Waals surface area contributed by atoms with E-state index in [-0.39, 0.29) is 5.91 Å². The maximum absolute atomic E-state index is 12.5. The van der Waals surface area contributed by atoms with Gasteiger partial charge in [0.1, 0.15) is 5.82 Å². The molecular formula is C22H25N3O. The molecule has 0 aliphatic carbocycles. The van der Waals surface area contributed by atoms with E-state index in [0.717, 1.165) is 36.2 Å². The number of rotatable bonds is 4. The van der Waals surface area contributed by atoms with Crippen molar-refractivity contribution in [3.63, 3.8) is 0 Å². The Balaban J connectivity index is 1.46. The molecule has 1 aliphatic heterocycles. The lowest BCUT2D eigenvalue weighted by Gasteiger charge is -2.19. The monoisotopic (exact) mass is 347 g/mol. The van der Waals surface area contributed by atoms with E-state index in [0.29, 0.717) is 18.0 Å². The fourth-order valence-corrected chi connectivity index (χ4v) is 3.79. The van der Waals surface area contributed by atoms with Crippen LogP contribution in [-0.2, 0) is 19.4 Å². The zero-order valence-electron chi connectivity index (χ0n) is 15.5. The summed E-state index contributed by atoms with van der Waals surface area (Å²) in [6.45, 7) is 6.04. The Kier molecular flexibility index (Phi) is 4.49. The summed E-state index contributed by atoms with van der Waals surface area (Å²) in [4.78, 5) is 17.3. The van der Waals surface area contributed by atoms with Crippen LogP contribution in [0.4, 0.5) is 0 Å². The number of aryl methyl sites for hydroxylation is 2. The minimum absolute atomic E-state index is 0.0279. The number of fused-ring (bicyclic) bond motifs is 3. The Morgan fingerprint density at radius 3 is 2.96 bits per heavy atom. The van der Waals surface area contributed by atoms with Gasteiger partial charge in [0.05, 0.1) is 11.0 Å². The fraction of sp³-hybridized carbons (Fsp3) is 0.364. The Labute approximate surface area is 154 Å². The molecular weight excluding hydrogens is 322 g/mol. The molecule has 0 radical (unpaired) electrons. The highest BCUT2D eigenvalue weighted by Crippen LogP contribution is 2.25. The van der Waals surface area contributed by atoms with Gasteiger partial charge in [-0.1, -0.05) is 31.2 Å². The van der Waals surface area contributed by atoms with E-state index in [2.05, 4.69) is 35.9 Å².